The number of aromatic nitrogens is 1. The molecule has 0 radical (unpaired) electrons. The van der Waals surface area contributed by atoms with Crippen LogP contribution in [0.1, 0.15) is 20.3 Å². The topological polar surface area (TPSA) is 71.6 Å². The Kier molecular flexibility index (Phi) is 2.60. The van der Waals surface area contributed by atoms with Crippen LogP contribution in [0.3, 0.4) is 0 Å². The van der Waals surface area contributed by atoms with Crippen molar-refractivity contribution in [2.45, 2.75) is 20.3 Å². The maximum Gasteiger partial charge on any atom is 0.254 e. The van der Waals surface area contributed by atoms with E-state index in [0.29, 0.717) is 17.9 Å². The van der Waals surface area contributed by atoms with E-state index in [1.54, 1.807) is 18.3 Å². The summed E-state index contributed by atoms with van der Waals surface area (Å²) in [4.78, 5) is 15.8. The number of nitrogens with two attached hydrogens (primary N) is 1. The Hall–Kier alpha value is -1.91. The highest BCUT2D eigenvalue weighted by Gasteiger charge is 2.27. The number of carbonyl (C=O) groups is 1. The molecule has 1 aliphatic rings. The molecule has 5 heteroatoms. The van der Waals surface area contributed by atoms with Crippen LogP contribution >= 0.6 is 0 Å². The van der Waals surface area contributed by atoms with Gasteiger partial charge in [-0.3, -0.25) is 4.79 Å². The summed E-state index contributed by atoms with van der Waals surface area (Å²) in [5.74, 6) is 0.706. The van der Waals surface area contributed by atoms with E-state index in [0.717, 1.165) is 5.71 Å². The van der Waals surface area contributed by atoms with Crippen molar-refractivity contribution < 1.29 is 4.79 Å². The van der Waals surface area contributed by atoms with Gasteiger partial charge in [-0.2, -0.15) is 10.1 Å². The first-order valence-corrected chi connectivity index (χ1v) is 5.20. The molecule has 1 aromatic heterocycles. The lowest BCUT2D eigenvalue weighted by atomic mass is 10.1. The molecule has 1 aromatic rings. The van der Waals surface area contributed by atoms with Gasteiger partial charge in [0.05, 0.1) is 12.1 Å². The number of pyridine rings is 1. The molecular formula is C11H14N4O. The molecule has 0 saturated carbocycles. The molecule has 0 spiro atoms. The molecule has 0 fully saturated rings. The van der Waals surface area contributed by atoms with E-state index in [4.69, 9.17) is 5.73 Å². The summed E-state index contributed by atoms with van der Waals surface area (Å²) in [5.41, 5.74) is 7.10. The van der Waals surface area contributed by atoms with Gasteiger partial charge in [-0.05, 0) is 12.0 Å². The van der Waals surface area contributed by atoms with Crippen molar-refractivity contribution in [1.82, 2.24) is 4.98 Å². The van der Waals surface area contributed by atoms with Crippen LogP contribution in [0, 0.1) is 5.92 Å². The van der Waals surface area contributed by atoms with Gasteiger partial charge in [0.15, 0.2) is 5.82 Å². The minimum absolute atomic E-state index is 0.0539. The third kappa shape index (κ3) is 1.88. The van der Waals surface area contributed by atoms with Crippen molar-refractivity contribution in [2.24, 2.45) is 11.0 Å². The normalized spacial score (nSPS) is 15.8. The standard InChI is InChI=1S/C11H14N4O/c1-7(2)9-6-11(16)15(14-9)10-5-8(12)3-4-13-10/h3-5,7H,6H2,1-2H3,(H2,12,13). The Labute approximate surface area is 94.0 Å². The third-order valence-corrected chi connectivity index (χ3v) is 2.45. The summed E-state index contributed by atoms with van der Waals surface area (Å²) in [7, 11) is 0. The number of nitrogen functional groups attached to an aromatic ring is 1. The van der Waals surface area contributed by atoms with Crippen LogP contribution < -0.4 is 10.7 Å². The summed E-state index contributed by atoms with van der Waals surface area (Å²) < 4.78 is 0. The van der Waals surface area contributed by atoms with Crippen LogP contribution in [0.15, 0.2) is 23.4 Å². The Bertz CT molecular complexity index is 453. The second kappa shape index (κ2) is 3.92. The highest BCUT2D eigenvalue weighted by Crippen LogP contribution is 2.21. The van der Waals surface area contributed by atoms with Gasteiger partial charge in [0, 0.05) is 18.0 Å². The lowest BCUT2D eigenvalue weighted by molar-refractivity contribution is -0.117. The number of carbonyl (C=O) groups excluding carboxylic acids is 1. The van der Waals surface area contributed by atoms with Crippen molar-refractivity contribution in [3.63, 3.8) is 0 Å². The highest BCUT2D eigenvalue weighted by molar-refractivity contribution is 6.13. The molecule has 1 amide bonds. The number of hydrazone groups is 1. The molecule has 0 unspecified atom stereocenters. The molecule has 1 aliphatic heterocycles. The van der Waals surface area contributed by atoms with Gasteiger partial charge >= 0.3 is 0 Å². The maximum atomic E-state index is 11.7. The second-order valence-electron chi connectivity index (χ2n) is 4.08. The maximum absolute atomic E-state index is 11.7. The summed E-state index contributed by atoms with van der Waals surface area (Å²) in [5, 5.41) is 5.59. The molecule has 84 valence electrons. The van der Waals surface area contributed by atoms with Crippen molar-refractivity contribution in [2.75, 3.05) is 10.7 Å². The smallest absolute Gasteiger partial charge is 0.254 e. The summed E-state index contributed by atoms with van der Waals surface area (Å²) in [6.07, 6.45) is 1.94. The van der Waals surface area contributed by atoms with Gasteiger partial charge < -0.3 is 5.73 Å². The Morgan fingerprint density at radius 1 is 1.50 bits per heavy atom. The molecule has 5 nitrogen and oxygen atoms in total. The Balaban J connectivity index is 2.31. The molecule has 0 aromatic carbocycles. The lowest BCUT2D eigenvalue weighted by Gasteiger charge is -2.10. The van der Waals surface area contributed by atoms with E-state index >= 15 is 0 Å². The molecule has 16 heavy (non-hydrogen) atoms. The fraction of sp³-hybridized carbons (Fsp3) is 0.364. The van der Waals surface area contributed by atoms with Crippen molar-refractivity contribution >= 4 is 23.1 Å². The van der Waals surface area contributed by atoms with Gasteiger partial charge in [0.25, 0.3) is 5.91 Å². The van der Waals surface area contributed by atoms with Crippen LogP contribution in [0.4, 0.5) is 11.5 Å². The highest BCUT2D eigenvalue weighted by atomic mass is 16.2. The van der Waals surface area contributed by atoms with Crippen LogP contribution in [-0.2, 0) is 4.79 Å². The van der Waals surface area contributed by atoms with Crippen molar-refractivity contribution in [3.05, 3.63) is 18.3 Å². The predicted molar refractivity (Wildman–Crippen MR) is 63.0 cm³/mol. The largest absolute Gasteiger partial charge is 0.399 e. The Morgan fingerprint density at radius 3 is 2.81 bits per heavy atom. The zero-order valence-electron chi connectivity index (χ0n) is 9.34. The van der Waals surface area contributed by atoms with Gasteiger partial charge in [0.2, 0.25) is 0 Å². The molecule has 2 heterocycles. The zero-order valence-corrected chi connectivity index (χ0v) is 9.34. The quantitative estimate of drug-likeness (QED) is 0.815. The molecule has 0 aliphatic carbocycles. The van der Waals surface area contributed by atoms with E-state index < -0.39 is 0 Å². The number of anilines is 2. The zero-order chi connectivity index (χ0) is 11.7. The van der Waals surface area contributed by atoms with Crippen LogP contribution in [-0.4, -0.2) is 16.6 Å². The Morgan fingerprint density at radius 2 is 2.25 bits per heavy atom. The number of amides is 1. The van der Waals surface area contributed by atoms with E-state index in [1.807, 2.05) is 13.8 Å². The number of hydrogen-bond donors (Lipinski definition) is 1. The first kappa shape index (κ1) is 10.6. The van der Waals surface area contributed by atoms with E-state index in [9.17, 15) is 4.79 Å². The summed E-state index contributed by atoms with van der Waals surface area (Å²) in [6.45, 7) is 4.03. The van der Waals surface area contributed by atoms with E-state index in [1.165, 1.54) is 5.01 Å². The number of nitrogens with zero attached hydrogens (tertiary/aromatic N) is 3. The van der Waals surface area contributed by atoms with Crippen LogP contribution in [0.5, 0.6) is 0 Å². The second-order valence-corrected chi connectivity index (χ2v) is 4.08. The fourth-order valence-electron chi connectivity index (χ4n) is 1.50. The molecular weight excluding hydrogens is 204 g/mol. The van der Waals surface area contributed by atoms with Crippen LogP contribution in [0.2, 0.25) is 0 Å². The van der Waals surface area contributed by atoms with Gasteiger partial charge in [-0.15, -0.1) is 0 Å². The third-order valence-electron chi connectivity index (χ3n) is 2.45. The van der Waals surface area contributed by atoms with Crippen molar-refractivity contribution in [1.29, 1.82) is 0 Å². The summed E-state index contributed by atoms with van der Waals surface area (Å²) >= 11 is 0. The molecule has 0 atom stereocenters. The van der Waals surface area contributed by atoms with Gasteiger partial charge in [0.1, 0.15) is 0 Å². The number of rotatable bonds is 2. The predicted octanol–water partition coefficient (Wildman–Crippen LogP) is 1.41. The van der Waals surface area contributed by atoms with E-state index in [-0.39, 0.29) is 11.8 Å². The molecule has 2 rings (SSSR count). The van der Waals surface area contributed by atoms with E-state index in [2.05, 4.69) is 10.1 Å². The molecule has 0 saturated heterocycles. The molecule has 2 N–H and O–H groups in total. The van der Waals surface area contributed by atoms with Gasteiger partial charge in [-0.1, -0.05) is 13.8 Å². The average Bonchev–Trinajstić information content (AvgIpc) is 2.60. The average molecular weight is 218 g/mol. The van der Waals surface area contributed by atoms with Crippen LogP contribution in [0.25, 0.3) is 0 Å². The van der Waals surface area contributed by atoms with Gasteiger partial charge in [-0.25, -0.2) is 4.98 Å². The first-order chi connectivity index (χ1) is 7.58. The SMILES string of the molecule is CC(C)C1=NN(c2cc(N)ccn2)C(=O)C1. The first-order valence-electron chi connectivity index (χ1n) is 5.20. The lowest BCUT2D eigenvalue weighted by Crippen LogP contribution is -2.20. The minimum Gasteiger partial charge on any atom is -0.399 e. The minimum atomic E-state index is -0.0539. The monoisotopic (exact) mass is 218 g/mol. The fourth-order valence-corrected chi connectivity index (χ4v) is 1.50. The summed E-state index contributed by atoms with van der Waals surface area (Å²) in [6, 6.07) is 3.32. The number of hydrogen-bond acceptors (Lipinski definition) is 4. The molecule has 0 bridgehead atoms. The van der Waals surface area contributed by atoms with Crippen molar-refractivity contribution in [3.8, 4) is 0 Å².